The van der Waals surface area contributed by atoms with Gasteiger partial charge in [0.25, 0.3) is 5.91 Å². The third-order valence-electron chi connectivity index (χ3n) is 5.49. The van der Waals surface area contributed by atoms with Crippen molar-refractivity contribution < 1.29 is 9.59 Å². The van der Waals surface area contributed by atoms with Crippen LogP contribution in [0.2, 0.25) is 0 Å². The average Bonchev–Trinajstić information content (AvgIpc) is 3.29. The molecule has 28 heavy (non-hydrogen) atoms. The van der Waals surface area contributed by atoms with Gasteiger partial charge in [-0.2, -0.15) is 0 Å². The van der Waals surface area contributed by atoms with Crippen LogP contribution in [0.1, 0.15) is 42.5 Å². The van der Waals surface area contributed by atoms with E-state index in [2.05, 4.69) is 20.8 Å². The van der Waals surface area contributed by atoms with Crippen LogP contribution < -0.4 is 5.32 Å². The molecule has 2 heterocycles. The van der Waals surface area contributed by atoms with Gasteiger partial charge in [-0.25, -0.2) is 9.48 Å². The molecule has 9 heteroatoms. The van der Waals surface area contributed by atoms with Crippen LogP contribution in [-0.2, 0) is 0 Å². The molecule has 9 nitrogen and oxygen atoms in total. The molecular formula is C19H25N7O2. The molecule has 0 unspecified atom stereocenters. The molecular weight excluding hydrogens is 358 g/mol. The summed E-state index contributed by atoms with van der Waals surface area (Å²) in [5, 5.41) is 14.3. The largest absolute Gasteiger partial charge is 0.335 e. The topological polar surface area (TPSA) is 96.2 Å². The van der Waals surface area contributed by atoms with Crippen LogP contribution in [0.4, 0.5) is 4.79 Å². The summed E-state index contributed by atoms with van der Waals surface area (Å²) in [6.07, 6.45) is 7.28. The summed E-state index contributed by atoms with van der Waals surface area (Å²) in [6.45, 7) is 2.17. The van der Waals surface area contributed by atoms with Gasteiger partial charge in [-0.15, -0.1) is 5.10 Å². The Labute approximate surface area is 163 Å². The van der Waals surface area contributed by atoms with Crippen molar-refractivity contribution in [3.63, 3.8) is 0 Å². The molecule has 1 saturated heterocycles. The van der Waals surface area contributed by atoms with Crippen LogP contribution in [-0.4, -0.2) is 74.2 Å². The lowest BCUT2D eigenvalue weighted by molar-refractivity contribution is 0.0662. The van der Waals surface area contributed by atoms with Crippen LogP contribution in [0.5, 0.6) is 0 Å². The maximum absolute atomic E-state index is 12.9. The quantitative estimate of drug-likeness (QED) is 0.866. The lowest BCUT2D eigenvalue weighted by Gasteiger charge is -2.36. The standard InChI is InChI=1S/C19H25N7O2/c27-18(15-5-4-8-17(13-15)26-14-20-22-23-26)24-9-11-25(12-10-24)19(28)21-16-6-2-1-3-7-16/h4-5,8,13-14,16H,1-3,6-7,9-12H2,(H,21,28). The summed E-state index contributed by atoms with van der Waals surface area (Å²) in [6, 6.07) is 7.53. The van der Waals surface area contributed by atoms with Crippen molar-refractivity contribution in [1.29, 1.82) is 0 Å². The number of benzene rings is 1. The highest BCUT2D eigenvalue weighted by Gasteiger charge is 2.26. The SMILES string of the molecule is O=C(NC1CCCCC1)N1CCN(C(=O)c2cccc(-n3cnnn3)c2)CC1. The third kappa shape index (κ3) is 4.13. The van der Waals surface area contributed by atoms with Gasteiger partial charge in [0.2, 0.25) is 0 Å². The molecule has 1 aliphatic heterocycles. The summed E-state index contributed by atoms with van der Waals surface area (Å²) < 4.78 is 1.52. The van der Waals surface area contributed by atoms with Gasteiger partial charge < -0.3 is 15.1 Å². The van der Waals surface area contributed by atoms with Crippen LogP contribution in [0.25, 0.3) is 5.69 Å². The molecule has 1 saturated carbocycles. The highest BCUT2D eigenvalue weighted by Crippen LogP contribution is 2.18. The first kappa shape index (κ1) is 18.4. The van der Waals surface area contributed by atoms with E-state index in [9.17, 15) is 9.59 Å². The van der Waals surface area contributed by atoms with Gasteiger partial charge in [0, 0.05) is 37.8 Å². The Morgan fingerprint density at radius 1 is 1.00 bits per heavy atom. The van der Waals surface area contributed by atoms with E-state index in [0.29, 0.717) is 37.8 Å². The van der Waals surface area contributed by atoms with Crippen molar-refractivity contribution in [1.82, 2.24) is 35.3 Å². The lowest BCUT2D eigenvalue weighted by atomic mass is 9.96. The van der Waals surface area contributed by atoms with Gasteiger partial charge in [0.15, 0.2) is 0 Å². The summed E-state index contributed by atoms with van der Waals surface area (Å²) in [5.41, 5.74) is 1.33. The zero-order chi connectivity index (χ0) is 19.3. The summed E-state index contributed by atoms with van der Waals surface area (Å²) >= 11 is 0. The van der Waals surface area contributed by atoms with E-state index in [0.717, 1.165) is 18.5 Å². The number of nitrogens with one attached hydrogen (secondary N) is 1. The maximum Gasteiger partial charge on any atom is 0.317 e. The number of nitrogens with zero attached hydrogens (tertiary/aromatic N) is 6. The van der Waals surface area contributed by atoms with Crippen LogP contribution in [0.15, 0.2) is 30.6 Å². The predicted octanol–water partition coefficient (Wildman–Crippen LogP) is 1.46. The van der Waals surface area contributed by atoms with Crippen molar-refractivity contribution in [3.8, 4) is 5.69 Å². The zero-order valence-electron chi connectivity index (χ0n) is 15.8. The highest BCUT2D eigenvalue weighted by atomic mass is 16.2. The number of hydrogen-bond donors (Lipinski definition) is 1. The number of aromatic nitrogens is 4. The number of carbonyl (C=O) groups excluding carboxylic acids is 2. The van der Waals surface area contributed by atoms with Crippen LogP contribution in [0.3, 0.4) is 0 Å². The Bertz CT molecular complexity index is 809. The van der Waals surface area contributed by atoms with Gasteiger partial charge in [-0.1, -0.05) is 25.3 Å². The predicted molar refractivity (Wildman–Crippen MR) is 102 cm³/mol. The van der Waals surface area contributed by atoms with E-state index in [1.54, 1.807) is 17.0 Å². The average molecular weight is 383 g/mol. The molecule has 1 aromatic carbocycles. The molecule has 4 rings (SSSR count). The number of hydrogen-bond acceptors (Lipinski definition) is 5. The van der Waals surface area contributed by atoms with Gasteiger partial charge in [0.05, 0.1) is 5.69 Å². The number of urea groups is 1. The molecule has 2 fully saturated rings. The Morgan fingerprint density at radius 3 is 2.46 bits per heavy atom. The first-order valence-electron chi connectivity index (χ1n) is 9.89. The summed E-state index contributed by atoms with van der Waals surface area (Å²) in [7, 11) is 0. The minimum atomic E-state index is -0.0396. The Hall–Kier alpha value is -2.97. The minimum Gasteiger partial charge on any atom is -0.335 e. The van der Waals surface area contributed by atoms with E-state index in [-0.39, 0.29) is 11.9 Å². The fourth-order valence-electron chi connectivity index (χ4n) is 3.87. The first-order valence-corrected chi connectivity index (χ1v) is 9.89. The van der Waals surface area contributed by atoms with Crippen molar-refractivity contribution in [2.45, 2.75) is 38.1 Å². The summed E-state index contributed by atoms with van der Waals surface area (Å²) in [4.78, 5) is 28.9. The second-order valence-electron chi connectivity index (χ2n) is 7.37. The van der Waals surface area contributed by atoms with E-state index >= 15 is 0 Å². The number of tetrazole rings is 1. The van der Waals surface area contributed by atoms with Gasteiger partial charge >= 0.3 is 6.03 Å². The first-order chi connectivity index (χ1) is 13.7. The fourth-order valence-corrected chi connectivity index (χ4v) is 3.87. The van der Waals surface area contributed by atoms with Crippen molar-refractivity contribution in [3.05, 3.63) is 36.2 Å². The third-order valence-corrected chi connectivity index (χ3v) is 5.49. The fraction of sp³-hybridized carbons (Fsp3) is 0.526. The Morgan fingerprint density at radius 2 is 1.75 bits per heavy atom. The molecule has 0 spiro atoms. The van der Waals surface area contributed by atoms with Crippen molar-refractivity contribution >= 4 is 11.9 Å². The second kappa shape index (κ2) is 8.37. The molecule has 1 N–H and O–H groups in total. The highest BCUT2D eigenvalue weighted by molar-refractivity contribution is 5.95. The lowest BCUT2D eigenvalue weighted by Crippen LogP contribution is -2.54. The number of amides is 3. The number of carbonyl (C=O) groups is 2. The van der Waals surface area contributed by atoms with E-state index in [1.807, 2.05) is 17.0 Å². The van der Waals surface area contributed by atoms with E-state index < -0.39 is 0 Å². The monoisotopic (exact) mass is 383 g/mol. The molecule has 3 amide bonds. The Balaban J connectivity index is 1.33. The van der Waals surface area contributed by atoms with Crippen molar-refractivity contribution in [2.24, 2.45) is 0 Å². The molecule has 0 radical (unpaired) electrons. The van der Waals surface area contributed by atoms with Gasteiger partial charge in [0.1, 0.15) is 6.33 Å². The molecule has 1 aromatic heterocycles. The molecule has 0 atom stereocenters. The maximum atomic E-state index is 12.9. The molecule has 148 valence electrons. The van der Waals surface area contributed by atoms with Crippen LogP contribution >= 0.6 is 0 Å². The normalized spacial score (nSPS) is 18.1. The Kier molecular flexibility index (Phi) is 5.50. The minimum absolute atomic E-state index is 0.000298. The summed E-state index contributed by atoms with van der Waals surface area (Å²) in [5.74, 6) is -0.0396. The number of piperazine rings is 1. The zero-order valence-corrected chi connectivity index (χ0v) is 15.8. The van der Waals surface area contributed by atoms with E-state index in [4.69, 9.17) is 0 Å². The van der Waals surface area contributed by atoms with E-state index in [1.165, 1.54) is 30.3 Å². The van der Waals surface area contributed by atoms with Crippen molar-refractivity contribution in [2.75, 3.05) is 26.2 Å². The molecule has 2 aromatic rings. The number of rotatable bonds is 3. The molecule has 1 aliphatic carbocycles. The van der Waals surface area contributed by atoms with Gasteiger partial charge in [-0.3, -0.25) is 4.79 Å². The van der Waals surface area contributed by atoms with Gasteiger partial charge in [-0.05, 0) is 41.5 Å². The second-order valence-corrected chi connectivity index (χ2v) is 7.37. The molecule has 2 aliphatic rings. The smallest absolute Gasteiger partial charge is 0.317 e. The molecule has 0 bridgehead atoms. The van der Waals surface area contributed by atoms with Crippen LogP contribution in [0, 0.1) is 0 Å².